The maximum Gasteiger partial charge on any atom is 0.0726 e. The van der Waals surface area contributed by atoms with E-state index < -0.39 is 5.41 Å². The summed E-state index contributed by atoms with van der Waals surface area (Å²) in [6, 6.07) is 85.4. The number of rotatable bonds is 5. The smallest absolute Gasteiger partial charge is 0.0726 e. The predicted molar refractivity (Wildman–Crippen MR) is 287 cm³/mol. The highest BCUT2D eigenvalue weighted by Gasteiger charge is 2.51. The fourth-order valence-corrected chi connectivity index (χ4v) is 11.8. The van der Waals surface area contributed by atoms with Crippen LogP contribution in [0.3, 0.4) is 0 Å². The SMILES string of the molecule is Cc1ccc(-c2ccc(N(c3ccc4c(c3)C(C)(C)c3ccccc3-4)c3ccc4c(c3)C3(c5ccccc5-c5ccccc53)c3ccccc3-4)cc2)cc1.Cc1ccccc1-c1ccccc1C. The zero-order valence-electron chi connectivity index (χ0n) is 39.4. The van der Waals surface area contributed by atoms with E-state index in [1.807, 2.05) is 0 Å². The Morgan fingerprint density at radius 2 is 0.618 bits per heavy atom. The minimum atomic E-state index is -0.405. The van der Waals surface area contributed by atoms with Gasteiger partial charge in [-0.05, 0) is 157 Å². The molecular formula is C67H53N. The minimum absolute atomic E-state index is 0.107. The van der Waals surface area contributed by atoms with E-state index in [1.165, 1.54) is 106 Å². The van der Waals surface area contributed by atoms with Gasteiger partial charge < -0.3 is 4.90 Å². The van der Waals surface area contributed by atoms with Gasteiger partial charge in [-0.15, -0.1) is 0 Å². The molecule has 0 heterocycles. The molecule has 10 aromatic rings. The molecule has 0 radical (unpaired) electrons. The van der Waals surface area contributed by atoms with E-state index >= 15 is 0 Å². The molecule has 3 aliphatic carbocycles. The number of benzene rings is 10. The molecule has 0 bridgehead atoms. The Bertz CT molecular complexity index is 3460. The molecule has 68 heavy (non-hydrogen) atoms. The van der Waals surface area contributed by atoms with E-state index in [-0.39, 0.29) is 5.41 Å². The summed E-state index contributed by atoms with van der Waals surface area (Å²) >= 11 is 0. The van der Waals surface area contributed by atoms with E-state index in [2.05, 4.69) is 270 Å². The number of anilines is 3. The summed E-state index contributed by atoms with van der Waals surface area (Å²) in [4.78, 5) is 2.47. The first-order valence-corrected chi connectivity index (χ1v) is 24.0. The quantitative estimate of drug-likeness (QED) is 0.167. The van der Waals surface area contributed by atoms with Crippen molar-refractivity contribution in [2.24, 2.45) is 0 Å². The second-order valence-corrected chi connectivity index (χ2v) is 19.4. The van der Waals surface area contributed by atoms with Gasteiger partial charge in [0.1, 0.15) is 0 Å². The number of hydrogen-bond acceptors (Lipinski definition) is 1. The van der Waals surface area contributed by atoms with E-state index in [1.54, 1.807) is 0 Å². The fraction of sp³-hybridized carbons (Fsp3) is 0.104. The van der Waals surface area contributed by atoms with Crippen LogP contribution in [0.2, 0.25) is 0 Å². The monoisotopic (exact) mass is 871 g/mol. The molecule has 0 saturated heterocycles. The zero-order valence-corrected chi connectivity index (χ0v) is 39.4. The third-order valence-electron chi connectivity index (χ3n) is 15.2. The summed E-state index contributed by atoms with van der Waals surface area (Å²) in [5.41, 5.74) is 28.1. The number of hydrogen-bond donors (Lipinski definition) is 0. The summed E-state index contributed by atoms with van der Waals surface area (Å²) in [6.45, 7) is 11.2. The number of fused-ring (bicyclic) bond motifs is 13. The van der Waals surface area contributed by atoms with E-state index in [0.717, 1.165) is 17.1 Å². The van der Waals surface area contributed by atoms with E-state index in [4.69, 9.17) is 0 Å². The third-order valence-corrected chi connectivity index (χ3v) is 15.2. The van der Waals surface area contributed by atoms with Crippen molar-refractivity contribution in [2.45, 2.75) is 45.4 Å². The van der Waals surface area contributed by atoms with Crippen LogP contribution < -0.4 is 4.90 Å². The first-order chi connectivity index (χ1) is 33.2. The Morgan fingerprint density at radius 1 is 0.279 bits per heavy atom. The van der Waals surface area contributed by atoms with Crippen molar-refractivity contribution >= 4 is 17.1 Å². The highest BCUT2D eigenvalue weighted by atomic mass is 15.1. The highest BCUT2D eigenvalue weighted by Crippen LogP contribution is 2.63. The molecule has 10 aromatic carbocycles. The lowest BCUT2D eigenvalue weighted by molar-refractivity contribution is 0.660. The van der Waals surface area contributed by atoms with Crippen LogP contribution in [0.4, 0.5) is 17.1 Å². The molecule has 0 fully saturated rings. The summed E-state index contributed by atoms with van der Waals surface area (Å²) in [5, 5.41) is 0. The van der Waals surface area contributed by atoms with Crippen LogP contribution >= 0.6 is 0 Å². The maximum atomic E-state index is 2.50. The van der Waals surface area contributed by atoms with Crippen LogP contribution in [0, 0.1) is 20.8 Å². The van der Waals surface area contributed by atoms with Crippen LogP contribution in [-0.4, -0.2) is 0 Å². The lowest BCUT2D eigenvalue weighted by Crippen LogP contribution is -2.26. The topological polar surface area (TPSA) is 3.24 Å². The molecule has 0 aromatic heterocycles. The first-order valence-electron chi connectivity index (χ1n) is 24.0. The molecule has 1 nitrogen and oxygen atoms in total. The summed E-state index contributed by atoms with van der Waals surface area (Å²) < 4.78 is 0. The molecule has 0 amide bonds. The second-order valence-electron chi connectivity index (χ2n) is 19.4. The van der Waals surface area contributed by atoms with Crippen LogP contribution in [-0.2, 0) is 10.8 Å². The van der Waals surface area contributed by atoms with Gasteiger partial charge in [0.2, 0.25) is 0 Å². The molecule has 326 valence electrons. The lowest BCUT2D eigenvalue weighted by atomic mass is 9.70. The lowest BCUT2D eigenvalue weighted by Gasteiger charge is -2.32. The van der Waals surface area contributed by atoms with Crippen molar-refractivity contribution in [3.63, 3.8) is 0 Å². The molecule has 1 spiro atoms. The normalized spacial score (nSPS) is 13.6. The molecule has 1 heteroatoms. The van der Waals surface area contributed by atoms with Gasteiger partial charge in [-0.1, -0.05) is 214 Å². The van der Waals surface area contributed by atoms with Crippen LogP contribution in [0.25, 0.3) is 55.6 Å². The van der Waals surface area contributed by atoms with Gasteiger partial charge in [-0.25, -0.2) is 0 Å². The predicted octanol–water partition coefficient (Wildman–Crippen LogP) is 17.8. The summed E-state index contributed by atoms with van der Waals surface area (Å²) in [6.07, 6.45) is 0. The molecule has 0 N–H and O–H groups in total. The van der Waals surface area contributed by atoms with Crippen LogP contribution in [0.15, 0.2) is 231 Å². The third kappa shape index (κ3) is 6.37. The van der Waals surface area contributed by atoms with Gasteiger partial charge in [0.05, 0.1) is 5.41 Å². The summed E-state index contributed by atoms with van der Waals surface area (Å²) in [5.74, 6) is 0. The average molecular weight is 872 g/mol. The standard InChI is InChI=1S/C53H39N.C14H14/c1-34-20-22-35(23-21-34)36-24-26-37(27-25-36)54(38-28-30-44-40-12-4-8-16-46(40)52(2,3)50(44)32-38)39-29-31-45-43-15-7-11-19-49(43)53(51(45)33-39)47-17-9-5-13-41(47)42-14-6-10-18-48(42)53;1-11-7-3-5-9-13(11)14-10-6-4-8-12(14)2/h4-33H,1-3H3;3-10H,1-2H3. The van der Waals surface area contributed by atoms with Gasteiger partial charge in [0, 0.05) is 22.5 Å². The Kier molecular flexibility index (Phi) is 9.82. The van der Waals surface area contributed by atoms with Crippen LogP contribution in [0.1, 0.15) is 63.9 Å². The molecule has 0 atom stereocenters. The van der Waals surface area contributed by atoms with E-state index in [0.29, 0.717) is 0 Å². The van der Waals surface area contributed by atoms with Crippen molar-refractivity contribution in [2.75, 3.05) is 4.90 Å². The van der Waals surface area contributed by atoms with Crippen molar-refractivity contribution < 1.29 is 0 Å². The van der Waals surface area contributed by atoms with Gasteiger partial charge in [-0.2, -0.15) is 0 Å². The summed E-state index contributed by atoms with van der Waals surface area (Å²) in [7, 11) is 0. The first kappa shape index (κ1) is 41.4. The number of nitrogens with zero attached hydrogens (tertiary/aromatic N) is 1. The second kappa shape index (κ2) is 16.1. The van der Waals surface area contributed by atoms with Crippen molar-refractivity contribution in [1.29, 1.82) is 0 Å². The Morgan fingerprint density at radius 3 is 1.09 bits per heavy atom. The molecule has 0 saturated carbocycles. The molecule has 0 unspecified atom stereocenters. The van der Waals surface area contributed by atoms with Gasteiger partial charge in [0.15, 0.2) is 0 Å². The fourth-order valence-electron chi connectivity index (χ4n) is 11.8. The van der Waals surface area contributed by atoms with Gasteiger partial charge in [0.25, 0.3) is 0 Å². The average Bonchev–Trinajstić information content (AvgIpc) is 3.93. The maximum absolute atomic E-state index is 2.50. The Labute approximate surface area is 401 Å². The Balaban J connectivity index is 0.000000295. The van der Waals surface area contributed by atoms with Crippen molar-refractivity contribution in [3.05, 3.63) is 281 Å². The van der Waals surface area contributed by atoms with Crippen molar-refractivity contribution in [1.82, 2.24) is 0 Å². The van der Waals surface area contributed by atoms with Crippen LogP contribution in [0.5, 0.6) is 0 Å². The van der Waals surface area contributed by atoms with Gasteiger partial charge >= 0.3 is 0 Å². The largest absolute Gasteiger partial charge is 0.310 e. The molecular weight excluding hydrogens is 819 g/mol. The molecule has 0 aliphatic heterocycles. The van der Waals surface area contributed by atoms with Gasteiger partial charge in [-0.3, -0.25) is 0 Å². The van der Waals surface area contributed by atoms with Crippen molar-refractivity contribution in [3.8, 4) is 55.6 Å². The molecule has 3 aliphatic rings. The van der Waals surface area contributed by atoms with E-state index in [9.17, 15) is 0 Å². The molecule has 13 rings (SSSR count). The Hall–Kier alpha value is -8.00. The minimum Gasteiger partial charge on any atom is -0.310 e. The highest BCUT2D eigenvalue weighted by molar-refractivity contribution is 5.96. The number of aryl methyl sites for hydroxylation is 3. The zero-order chi connectivity index (χ0) is 46.1.